The summed E-state index contributed by atoms with van der Waals surface area (Å²) < 4.78 is 0. The molecule has 0 aliphatic carbocycles. The number of aliphatic carboxylic acids is 1. The predicted molar refractivity (Wildman–Crippen MR) is 44.1 cm³/mol. The van der Waals surface area contributed by atoms with Gasteiger partial charge in [0.2, 0.25) is 0 Å². The van der Waals surface area contributed by atoms with Crippen molar-refractivity contribution in [2.75, 3.05) is 6.54 Å². The van der Waals surface area contributed by atoms with E-state index < -0.39 is 24.0 Å². The van der Waals surface area contributed by atoms with Crippen molar-refractivity contribution in [2.45, 2.75) is 31.9 Å². The molecule has 1 heterocycles. The molecule has 0 bridgehead atoms. The zero-order chi connectivity index (χ0) is 10.0. The summed E-state index contributed by atoms with van der Waals surface area (Å²) in [4.78, 5) is 23.2. The second-order valence-electron chi connectivity index (χ2n) is 3.20. The summed E-state index contributed by atoms with van der Waals surface area (Å²) >= 11 is 0. The van der Waals surface area contributed by atoms with E-state index in [0.717, 1.165) is 0 Å². The molecule has 13 heavy (non-hydrogen) atoms. The fraction of sp³-hybridized carbons (Fsp3) is 0.750. The summed E-state index contributed by atoms with van der Waals surface area (Å²) in [5.41, 5.74) is 0. The largest absolute Gasteiger partial charge is 0.480 e. The van der Waals surface area contributed by atoms with Gasteiger partial charge in [-0.1, -0.05) is 0 Å². The molecular formula is C8H13NO4. The molecule has 0 saturated carbocycles. The molecule has 0 aromatic heterocycles. The molecular weight excluding hydrogens is 174 g/mol. The fourth-order valence-electron chi connectivity index (χ4n) is 1.53. The zero-order valence-electron chi connectivity index (χ0n) is 7.43. The van der Waals surface area contributed by atoms with Gasteiger partial charge in [-0.25, -0.2) is 4.79 Å². The molecule has 1 aliphatic rings. The lowest BCUT2D eigenvalue weighted by Crippen LogP contribution is -2.44. The number of carboxylic acid groups (broad SMARTS) is 1. The van der Waals surface area contributed by atoms with Crippen LogP contribution >= 0.6 is 0 Å². The quantitative estimate of drug-likeness (QED) is 0.607. The van der Waals surface area contributed by atoms with Gasteiger partial charge in [0.25, 0.3) is 5.91 Å². The Morgan fingerprint density at radius 1 is 1.54 bits per heavy atom. The van der Waals surface area contributed by atoms with Crippen LogP contribution in [0.1, 0.15) is 19.8 Å². The van der Waals surface area contributed by atoms with Gasteiger partial charge in [0.15, 0.2) is 0 Å². The topological polar surface area (TPSA) is 77.8 Å². The Kier molecular flexibility index (Phi) is 2.87. The number of aliphatic hydroxyl groups excluding tert-OH is 1. The highest BCUT2D eigenvalue weighted by Crippen LogP contribution is 2.18. The summed E-state index contributed by atoms with van der Waals surface area (Å²) in [6, 6.07) is -0.748. The number of rotatable bonds is 2. The van der Waals surface area contributed by atoms with Gasteiger partial charge in [0, 0.05) is 6.54 Å². The lowest BCUT2D eigenvalue weighted by atomic mass is 10.2. The third-order valence-corrected chi connectivity index (χ3v) is 2.18. The van der Waals surface area contributed by atoms with E-state index in [1.54, 1.807) is 0 Å². The monoisotopic (exact) mass is 187 g/mol. The Morgan fingerprint density at radius 2 is 2.15 bits per heavy atom. The number of nitrogens with zero attached hydrogens (tertiary/aromatic N) is 1. The maximum atomic E-state index is 11.3. The molecule has 74 valence electrons. The predicted octanol–water partition coefficient (Wildman–Crippen LogP) is -0.557. The number of likely N-dealkylation sites (tertiary alicyclic amines) is 1. The van der Waals surface area contributed by atoms with E-state index in [1.807, 2.05) is 0 Å². The van der Waals surface area contributed by atoms with Crippen LogP contribution in [0.4, 0.5) is 0 Å². The van der Waals surface area contributed by atoms with Crippen molar-refractivity contribution < 1.29 is 19.8 Å². The summed E-state index contributed by atoms with van der Waals surface area (Å²) in [7, 11) is 0. The lowest BCUT2D eigenvalue weighted by molar-refractivity contribution is -0.151. The second kappa shape index (κ2) is 3.74. The molecule has 5 nitrogen and oxygen atoms in total. The zero-order valence-corrected chi connectivity index (χ0v) is 7.43. The van der Waals surface area contributed by atoms with Crippen LogP contribution < -0.4 is 0 Å². The normalized spacial score (nSPS) is 24.5. The number of carbonyl (C=O) groups is 2. The Labute approximate surface area is 76.0 Å². The molecule has 0 aromatic carbocycles. The molecule has 0 spiro atoms. The third kappa shape index (κ3) is 1.98. The average molecular weight is 187 g/mol. The maximum absolute atomic E-state index is 11.3. The van der Waals surface area contributed by atoms with Crippen LogP contribution in [0.15, 0.2) is 0 Å². The molecule has 1 saturated heterocycles. The van der Waals surface area contributed by atoms with Crippen molar-refractivity contribution in [3.63, 3.8) is 0 Å². The Morgan fingerprint density at radius 3 is 2.62 bits per heavy atom. The van der Waals surface area contributed by atoms with Crippen LogP contribution in [0.2, 0.25) is 0 Å². The van der Waals surface area contributed by atoms with E-state index in [4.69, 9.17) is 10.2 Å². The molecule has 2 N–H and O–H groups in total. The number of hydrogen-bond donors (Lipinski definition) is 2. The molecule has 1 rings (SSSR count). The standard InChI is InChI=1S/C8H13NO4/c1-5(10)7(11)9-4-2-3-6(9)8(12)13/h5-6,10H,2-4H2,1H3,(H,12,13)/t5?,6-/m1/s1. The molecule has 0 radical (unpaired) electrons. The van der Waals surface area contributed by atoms with E-state index in [1.165, 1.54) is 11.8 Å². The van der Waals surface area contributed by atoms with Gasteiger partial charge in [0.1, 0.15) is 12.1 Å². The highest BCUT2D eigenvalue weighted by Gasteiger charge is 2.35. The van der Waals surface area contributed by atoms with Crippen molar-refractivity contribution in [2.24, 2.45) is 0 Å². The Balaban J connectivity index is 2.68. The number of carbonyl (C=O) groups excluding carboxylic acids is 1. The van der Waals surface area contributed by atoms with Crippen molar-refractivity contribution in [3.05, 3.63) is 0 Å². The van der Waals surface area contributed by atoms with Gasteiger partial charge >= 0.3 is 5.97 Å². The van der Waals surface area contributed by atoms with Crippen molar-refractivity contribution in [3.8, 4) is 0 Å². The van der Waals surface area contributed by atoms with E-state index in [9.17, 15) is 9.59 Å². The maximum Gasteiger partial charge on any atom is 0.326 e. The van der Waals surface area contributed by atoms with Gasteiger partial charge in [-0.2, -0.15) is 0 Å². The van der Waals surface area contributed by atoms with E-state index >= 15 is 0 Å². The minimum Gasteiger partial charge on any atom is -0.480 e. The van der Waals surface area contributed by atoms with Crippen LogP contribution in [-0.4, -0.2) is 45.7 Å². The molecule has 1 amide bonds. The van der Waals surface area contributed by atoms with Gasteiger partial charge in [-0.3, -0.25) is 4.79 Å². The number of amides is 1. The molecule has 1 fully saturated rings. The molecule has 1 aliphatic heterocycles. The number of carboxylic acids is 1. The number of hydrogen-bond acceptors (Lipinski definition) is 3. The van der Waals surface area contributed by atoms with Gasteiger partial charge in [-0.15, -0.1) is 0 Å². The highest BCUT2D eigenvalue weighted by atomic mass is 16.4. The first-order chi connectivity index (χ1) is 6.04. The fourth-order valence-corrected chi connectivity index (χ4v) is 1.53. The summed E-state index contributed by atoms with van der Waals surface area (Å²) in [6.07, 6.45) is 0.0587. The average Bonchev–Trinajstić information content (AvgIpc) is 2.50. The van der Waals surface area contributed by atoms with Gasteiger partial charge in [0.05, 0.1) is 0 Å². The summed E-state index contributed by atoms with van der Waals surface area (Å²) in [5, 5.41) is 17.7. The van der Waals surface area contributed by atoms with Gasteiger partial charge < -0.3 is 15.1 Å². The van der Waals surface area contributed by atoms with E-state index in [0.29, 0.717) is 19.4 Å². The lowest BCUT2D eigenvalue weighted by Gasteiger charge is -2.22. The number of aliphatic hydroxyl groups is 1. The minimum absolute atomic E-state index is 0.431. The highest BCUT2D eigenvalue weighted by molar-refractivity contribution is 5.86. The van der Waals surface area contributed by atoms with Crippen LogP contribution in [0.5, 0.6) is 0 Å². The molecule has 2 atom stereocenters. The van der Waals surface area contributed by atoms with Crippen LogP contribution in [0.3, 0.4) is 0 Å². The Bertz CT molecular complexity index is 226. The summed E-state index contributed by atoms with van der Waals surface area (Å²) in [6.45, 7) is 1.78. The van der Waals surface area contributed by atoms with Gasteiger partial charge in [-0.05, 0) is 19.8 Å². The smallest absolute Gasteiger partial charge is 0.326 e. The molecule has 0 aromatic rings. The minimum atomic E-state index is -1.11. The molecule has 5 heteroatoms. The first kappa shape index (κ1) is 9.98. The first-order valence-corrected chi connectivity index (χ1v) is 4.25. The van der Waals surface area contributed by atoms with E-state index in [-0.39, 0.29) is 0 Å². The second-order valence-corrected chi connectivity index (χ2v) is 3.20. The van der Waals surface area contributed by atoms with Crippen LogP contribution in [0, 0.1) is 0 Å². The third-order valence-electron chi connectivity index (χ3n) is 2.18. The SMILES string of the molecule is CC(O)C(=O)N1CCC[C@@H]1C(=O)O. The summed E-state index contributed by atoms with van der Waals surface area (Å²) in [5.74, 6) is -1.49. The Hall–Kier alpha value is -1.10. The van der Waals surface area contributed by atoms with Crippen molar-refractivity contribution in [1.29, 1.82) is 0 Å². The first-order valence-electron chi connectivity index (χ1n) is 4.25. The van der Waals surface area contributed by atoms with Crippen molar-refractivity contribution >= 4 is 11.9 Å². The van der Waals surface area contributed by atoms with E-state index in [2.05, 4.69) is 0 Å². The van der Waals surface area contributed by atoms with Crippen LogP contribution in [-0.2, 0) is 9.59 Å². The van der Waals surface area contributed by atoms with Crippen molar-refractivity contribution in [1.82, 2.24) is 4.90 Å². The van der Waals surface area contributed by atoms with Crippen LogP contribution in [0.25, 0.3) is 0 Å². The molecule has 1 unspecified atom stereocenters.